The highest BCUT2D eigenvalue weighted by Crippen LogP contribution is 2.41. The number of hydrogen-bond donors (Lipinski definition) is 7. The largest absolute Gasteiger partial charge is 0.504 e. The molecule has 21 nitrogen and oxygen atoms in total. The number of cyclic esters (lactones) is 1. The Morgan fingerprint density at radius 3 is 2.19 bits per heavy atom. The van der Waals surface area contributed by atoms with E-state index in [0.717, 1.165) is 23.5 Å². The minimum Gasteiger partial charge on any atom is -0.504 e. The van der Waals surface area contributed by atoms with Crippen molar-refractivity contribution in [1.82, 2.24) is 14.9 Å². The Hall–Kier alpha value is -5.71. The van der Waals surface area contributed by atoms with Crippen molar-refractivity contribution in [2.24, 2.45) is 11.1 Å². The molecule has 5 rings (SSSR count). The number of hydroxylamine groups is 2. The minimum absolute atomic E-state index is 0.0570. The van der Waals surface area contributed by atoms with Crippen LogP contribution in [0.25, 0.3) is 0 Å². The number of ether oxygens (including phenoxy) is 1. The van der Waals surface area contributed by atoms with Gasteiger partial charge in [0.2, 0.25) is 0 Å². The zero-order valence-electron chi connectivity index (χ0n) is 24.0. The number of carboxylic acid groups (broad SMARTS) is 2. The van der Waals surface area contributed by atoms with Crippen LogP contribution >= 0.6 is 11.3 Å². The van der Waals surface area contributed by atoms with Crippen LogP contribution in [0.15, 0.2) is 22.7 Å². The zero-order chi connectivity index (χ0) is 35.3. The number of thiazole rings is 1. The number of aromatic nitrogens is 1. The number of carboxylic acids is 2. The van der Waals surface area contributed by atoms with Gasteiger partial charge in [0.25, 0.3) is 23.3 Å². The molecule has 2 aromatic rings. The molecule has 0 aliphatic carbocycles. The third-order valence-electron chi connectivity index (χ3n) is 7.63. The van der Waals surface area contributed by atoms with Crippen LogP contribution in [-0.4, -0.2) is 130 Å². The predicted molar refractivity (Wildman–Crippen MR) is 150 cm³/mol. The lowest BCUT2D eigenvalue weighted by molar-refractivity contribution is -0.256. The van der Waals surface area contributed by atoms with Crippen LogP contribution in [0.3, 0.4) is 0 Å². The standard InChI is InChI=1S/C26H23N5O16S/c27-24-28-12(6-48-24)17(29-47-25(7-32,8-33)22(41)42)16(36)1-9-5-45-31(18(9)37)26(23(43)44)4-13(21(40)46-26)30-19(38)10-2-14(34)15(35)3-11(10)20(30)39/h2-3,6,9,13,32-35H,1,4-5,7-8H2,(H2,27,28)(H,41,42)(H,43,44)/b29-17-/t9-,13?,26?/m0/s1. The fraction of sp³-hybridized carbons (Fsp3) is 0.346. The molecule has 254 valence electrons. The van der Waals surface area contributed by atoms with E-state index in [2.05, 4.69) is 10.1 Å². The minimum atomic E-state index is -2.93. The number of nitrogens with two attached hydrogens (primary N) is 1. The molecule has 3 amide bonds. The van der Waals surface area contributed by atoms with E-state index in [1.165, 1.54) is 5.38 Å². The molecule has 1 aromatic carbocycles. The van der Waals surface area contributed by atoms with E-state index in [4.69, 9.17) is 20.1 Å². The molecule has 3 atom stereocenters. The van der Waals surface area contributed by atoms with E-state index < -0.39 is 126 Å². The molecule has 4 heterocycles. The van der Waals surface area contributed by atoms with Gasteiger partial charge in [0.05, 0.1) is 43.3 Å². The van der Waals surface area contributed by atoms with Gasteiger partial charge in [-0.2, -0.15) is 5.06 Å². The van der Waals surface area contributed by atoms with Gasteiger partial charge in [-0.15, -0.1) is 11.3 Å². The normalized spacial score (nSPS) is 22.7. The lowest BCUT2D eigenvalue weighted by atomic mass is 9.98. The molecule has 0 saturated carbocycles. The topological polar surface area (TPSA) is 326 Å². The number of hydrogen-bond acceptors (Lipinski definition) is 18. The molecular weight excluding hydrogens is 670 g/mol. The Morgan fingerprint density at radius 2 is 1.69 bits per heavy atom. The molecule has 2 saturated heterocycles. The molecule has 2 unspecified atom stereocenters. The van der Waals surface area contributed by atoms with Crippen molar-refractivity contribution < 1.29 is 78.6 Å². The number of carbonyl (C=O) groups is 7. The number of anilines is 1. The van der Waals surface area contributed by atoms with Gasteiger partial charge in [-0.3, -0.25) is 28.9 Å². The van der Waals surface area contributed by atoms with Crippen LogP contribution in [0.4, 0.5) is 5.13 Å². The molecule has 0 radical (unpaired) electrons. The number of carbonyl (C=O) groups excluding carboxylic acids is 5. The van der Waals surface area contributed by atoms with Crippen molar-refractivity contribution in [3.05, 3.63) is 34.3 Å². The number of nitrogens with zero attached hydrogens (tertiary/aromatic N) is 4. The summed E-state index contributed by atoms with van der Waals surface area (Å²) in [5.74, 6) is -12.7. The summed E-state index contributed by atoms with van der Waals surface area (Å²) in [4.78, 5) is 104. The Morgan fingerprint density at radius 1 is 1.08 bits per heavy atom. The highest BCUT2D eigenvalue weighted by molar-refractivity contribution is 7.13. The summed E-state index contributed by atoms with van der Waals surface area (Å²) in [6, 6.07) is -0.349. The summed E-state index contributed by atoms with van der Waals surface area (Å²) < 4.78 is 5.07. The Labute approximate surface area is 269 Å². The van der Waals surface area contributed by atoms with Crippen molar-refractivity contribution in [2.45, 2.75) is 30.2 Å². The first-order valence-electron chi connectivity index (χ1n) is 13.4. The van der Waals surface area contributed by atoms with Crippen LogP contribution in [0.5, 0.6) is 11.5 Å². The number of oxime groups is 1. The number of benzene rings is 1. The fourth-order valence-corrected chi connectivity index (χ4v) is 5.54. The highest BCUT2D eigenvalue weighted by Gasteiger charge is 2.65. The number of esters is 1. The summed E-state index contributed by atoms with van der Waals surface area (Å²) in [7, 11) is 0. The van der Waals surface area contributed by atoms with Gasteiger partial charge in [-0.25, -0.2) is 19.4 Å². The smallest absolute Gasteiger partial charge is 0.372 e. The van der Waals surface area contributed by atoms with E-state index in [9.17, 15) is 64.2 Å². The number of nitrogen functional groups attached to an aromatic ring is 1. The predicted octanol–water partition coefficient (Wildman–Crippen LogP) is -2.59. The van der Waals surface area contributed by atoms with Gasteiger partial charge >= 0.3 is 23.6 Å². The molecule has 1 aromatic heterocycles. The number of fused-ring (bicyclic) bond motifs is 1. The van der Waals surface area contributed by atoms with Crippen molar-refractivity contribution in [2.75, 3.05) is 25.6 Å². The van der Waals surface area contributed by atoms with Gasteiger partial charge in [0.15, 0.2) is 28.1 Å². The molecule has 0 spiro atoms. The summed E-state index contributed by atoms with van der Waals surface area (Å²) in [5, 5.41) is 62.8. The Kier molecular flexibility index (Phi) is 8.51. The SMILES string of the molecule is Nc1nc(/C(=N/OC(CO)(CO)C(=O)O)C(=O)C[C@H]2CON(C3(C(=O)O)CC(N4C(=O)c5cc(O)c(O)cc5C4=O)C(=O)O3)C2=O)cs1. The third kappa shape index (κ3) is 5.30. The average molecular weight is 694 g/mol. The maximum atomic E-state index is 13.5. The number of phenols is 2. The number of imide groups is 1. The Bertz CT molecular complexity index is 1760. The zero-order valence-corrected chi connectivity index (χ0v) is 24.8. The van der Waals surface area contributed by atoms with Gasteiger partial charge in [0.1, 0.15) is 11.7 Å². The van der Waals surface area contributed by atoms with Crippen LogP contribution in [0.2, 0.25) is 0 Å². The number of aliphatic carboxylic acids is 2. The first-order chi connectivity index (χ1) is 22.6. The fourth-order valence-electron chi connectivity index (χ4n) is 4.99. The number of Topliss-reactive ketones (excluding diaryl/α,β-unsaturated/α-hetero) is 1. The van der Waals surface area contributed by atoms with E-state index in [1.54, 1.807) is 0 Å². The molecule has 8 N–H and O–H groups in total. The number of aliphatic hydroxyl groups is 2. The second-order valence-electron chi connectivity index (χ2n) is 10.6. The average Bonchev–Trinajstić information content (AvgIpc) is 3.77. The summed E-state index contributed by atoms with van der Waals surface area (Å²) in [5.41, 5.74) is -1.71. The summed E-state index contributed by atoms with van der Waals surface area (Å²) >= 11 is 0.846. The summed E-state index contributed by atoms with van der Waals surface area (Å²) in [6.07, 6.45) is -1.82. The van der Waals surface area contributed by atoms with E-state index in [0.29, 0.717) is 4.90 Å². The second kappa shape index (κ2) is 12.1. The van der Waals surface area contributed by atoms with Crippen LogP contribution in [0, 0.1) is 5.92 Å². The third-order valence-corrected chi connectivity index (χ3v) is 8.30. The number of amides is 3. The van der Waals surface area contributed by atoms with Gasteiger partial charge in [0, 0.05) is 11.8 Å². The molecule has 2 fully saturated rings. The van der Waals surface area contributed by atoms with Crippen LogP contribution in [-0.2, 0) is 38.4 Å². The number of phenolic OH excluding ortho intramolecular Hbond substituents is 2. The molecule has 3 aliphatic heterocycles. The maximum absolute atomic E-state index is 13.5. The van der Waals surface area contributed by atoms with Crippen molar-refractivity contribution in [3.63, 3.8) is 0 Å². The van der Waals surface area contributed by atoms with Crippen molar-refractivity contribution >= 4 is 63.6 Å². The van der Waals surface area contributed by atoms with Crippen molar-refractivity contribution in [1.29, 1.82) is 0 Å². The molecule has 48 heavy (non-hydrogen) atoms. The molecule has 0 bridgehead atoms. The number of ketones is 1. The van der Waals surface area contributed by atoms with Gasteiger partial charge in [-0.1, -0.05) is 5.16 Å². The van der Waals surface area contributed by atoms with E-state index in [-0.39, 0.29) is 15.9 Å². The van der Waals surface area contributed by atoms with Crippen molar-refractivity contribution in [3.8, 4) is 11.5 Å². The van der Waals surface area contributed by atoms with Gasteiger partial charge in [-0.05, 0) is 12.1 Å². The maximum Gasteiger partial charge on any atom is 0.372 e. The number of aromatic hydroxyl groups is 2. The lowest BCUT2D eigenvalue weighted by Crippen LogP contribution is -2.56. The second-order valence-corrected chi connectivity index (χ2v) is 11.5. The number of rotatable bonds is 12. The van der Waals surface area contributed by atoms with Gasteiger partial charge < -0.3 is 45.9 Å². The molecule has 22 heteroatoms. The molecular formula is C26H23N5O16S. The first-order valence-corrected chi connectivity index (χ1v) is 14.3. The van der Waals surface area contributed by atoms with E-state index >= 15 is 0 Å². The highest BCUT2D eigenvalue weighted by atomic mass is 32.1. The van der Waals surface area contributed by atoms with Crippen LogP contribution < -0.4 is 5.73 Å². The van der Waals surface area contributed by atoms with Crippen LogP contribution in [0.1, 0.15) is 39.3 Å². The van der Waals surface area contributed by atoms with E-state index in [1.807, 2.05) is 0 Å². The number of aliphatic hydroxyl groups excluding tert-OH is 2. The summed E-state index contributed by atoms with van der Waals surface area (Å²) in [6.45, 7) is -3.20. The first kappa shape index (κ1) is 33.6. The quantitative estimate of drug-likeness (QED) is 0.0394. The monoisotopic (exact) mass is 693 g/mol. The lowest BCUT2D eigenvalue weighted by Gasteiger charge is -2.31. The molecule has 3 aliphatic rings. The Balaban J connectivity index is 1.38.